The van der Waals surface area contributed by atoms with Crippen molar-refractivity contribution in [2.75, 3.05) is 5.32 Å². The van der Waals surface area contributed by atoms with E-state index in [0.717, 1.165) is 45.0 Å². The molecule has 190 valence electrons. The van der Waals surface area contributed by atoms with Crippen LogP contribution in [0.25, 0.3) is 5.69 Å². The standard InChI is InChI=1S/C28H30N6O3/c1-17-9-10-29-25(13-17)30-15-22-16-34(33-32-22)23-7-5-21(6-8-23)14-24(28(36)37)31-27(35)26-19(3)11-18(2)12-20(26)4/h5-13,16,24H,14-15H2,1-4H3,(H,29,30)(H,31,35)(H,36,37)/t24-/m0/s1. The van der Waals surface area contributed by atoms with E-state index in [1.165, 1.54) is 0 Å². The molecule has 0 radical (unpaired) electrons. The first-order valence-corrected chi connectivity index (χ1v) is 12.0. The summed E-state index contributed by atoms with van der Waals surface area (Å²) in [5, 5.41) is 24.0. The van der Waals surface area contributed by atoms with Crippen LogP contribution in [0.15, 0.2) is 60.9 Å². The lowest BCUT2D eigenvalue weighted by molar-refractivity contribution is -0.139. The van der Waals surface area contributed by atoms with Crippen molar-refractivity contribution in [3.63, 3.8) is 0 Å². The van der Waals surface area contributed by atoms with Gasteiger partial charge >= 0.3 is 5.97 Å². The minimum Gasteiger partial charge on any atom is -0.480 e. The minimum absolute atomic E-state index is 0.154. The number of aromatic nitrogens is 4. The Morgan fingerprint density at radius 3 is 2.32 bits per heavy atom. The van der Waals surface area contributed by atoms with E-state index in [4.69, 9.17) is 0 Å². The maximum Gasteiger partial charge on any atom is 0.326 e. The Morgan fingerprint density at radius 1 is 0.973 bits per heavy atom. The Hall–Kier alpha value is -4.53. The number of rotatable bonds is 9. The zero-order valence-electron chi connectivity index (χ0n) is 21.3. The number of amides is 1. The number of aryl methyl sites for hydroxylation is 4. The Morgan fingerprint density at radius 2 is 1.68 bits per heavy atom. The van der Waals surface area contributed by atoms with Crippen LogP contribution in [0.1, 0.15) is 43.9 Å². The van der Waals surface area contributed by atoms with Crippen molar-refractivity contribution in [2.24, 2.45) is 0 Å². The second-order valence-corrected chi connectivity index (χ2v) is 9.24. The summed E-state index contributed by atoms with van der Waals surface area (Å²) in [6.07, 6.45) is 3.73. The molecule has 1 atom stereocenters. The lowest BCUT2D eigenvalue weighted by atomic mass is 9.98. The zero-order valence-corrected chi connectivity index (χ0v) is 21.3. The molecule has 0 bridgehead atoms. The molecule has 9 nitrogen and oxygen atoms in total. The molecule has 0 saturated carbocycles. The van der Waals surface area contributed by atoms with Crippen LogP contribution >= 0.6 is 0 Å². The van der Waals surface area contributed by atoms with E-state index < -0.39 is 12.0 Å². The fourth-order valence-corrected chi connectivity index (χ4v) is 4.31. The van der Waals surface area contributed by atoms with Crippen molar-refractivity contribution in [1.29, 1.82) is 0 Å². The van der Waals surface area contributed by atoms with Gasteiger partial charge in [-0.3, -0.25) is 4.79 Å². The molecule has 2 aromatic heterocycles. The number of carboxylic acid groups (broad SMARTS) is 1. The third-order valence-electron chi connectivity index (χ3n) is 6.06. The van der Waals surface area contributed by atoms with E-state index in [9.17, 15) is 14.7 Å². The highest BCUT2D eigenvalue weighted by atomic mass is 16.4. The summed E-state index contributed by atoms with van der Waals surface area (Å²) in [5.74, 6) is -0.702. The molecular formula is C28H30N6O3. The van der Waals surface area contributed by atoms with E-state index in [0.29, 0.717) is 12.1 Å². The van der Waals surface area contributed by atoms with Gasteiger partial charge in [-0.2, -0.15) is 0 Å². The number of hydrogen-bond acceptors (Lipinski definition) is 6. The summed E-state index contributed by atoms with van der Waals surface area (Å²) in [5.41, 5.74) is 6.65. The maximum absolute atomic E-state index is 12.9. The van der Waals surface area contributed by atoms with Crippen LogP contribution in [-0.2, 0) is 17.8 Å². The van der Waals surface area contributed by atoms with Gasteiger partial charge < -0.3 is 15.7 Å². The molecule has 0 unspecified atom stereocenters. The van der Waals surface area contributed by atoms with Crippen LogP contribution in [0.4, 0.5) is 5.82 Å². The summed E-state index contributed by atoms with van der Waals surface area (Å²) in [6, 6.07) is 14.0. The predicted molar refractivity (Wildman–Crippen MR) is 141 cm³/mol. The predicted octanol–water partition coefficient (Wildman–Crippen LogP) is 3.93. The van der Waals surface area contributed by atoms with Gasteiger partial charge in [-0.1, -0.05) is 35.0 Å². The molecule has 9 heteroatoms. The van der Waals surface area contributed by atoms with Gasteiger partial charge in [0.15, 0.2) is 0 Å². The minimum atomic E-state index is -1.09. The van der Waals surface area contributed by atoms with Crippen LogP contribution < -0.4 is 10.6 Å². The number of aliphatic carboxylic acids is 1. The molecule has 4 rings (SSSR count). The Balaban J connectivity index is 1.40. The van der Waals surface area contributed by atoms with Crippen LogP contribution in [-0.4, -0.2) is 43.0 Å². The van der Waals surface area contributed by atoms with E-state index in [-0.39, 0.29) is 12.3 Å². The normalized spacial score (nSPS) is 11.7. The Kier molecular flexibility index (Phi) is 7.62. The number of carboxylic acids is 1. The fourth-order valence-electron chi connectivity index (χ4n) is 4.31. The molecular weight excluding hydrogens is 468 g/mol. The molecule has 0 saturated heterocycles. The molecule has 2 aromatic carbocycles. The molecule has 0 fully saturated rings. The quantitative estimate of drug-likeness (QED) is 0.320. The highest BCUT2D eigenvalue weighted by Crippen LogP contribution is 2.17. The van der Waals surface area contributed by atoms with Crippen LogP contribution in [0, 0.1) is 27.7 Å². The van der Waals surface area contributed by atoms with E-state index >= 15 is 0 Å². The Bertz CT molecular complexity index is 1410. The van der Waals surface area contributed by atoms with Gasteiger partial charge in [0.25, 0.3) is 5.91 Å². The van der Waals surface area contributed by atoms with Gasteiger partial charge in [0.05, 0.1) is 18.4 Å². The summed E-state index contributed by atoms with van der Waals surface area (Å²) in [6.45, 7) is 8.16. The number of nitrogens with zero attached hydrogens (tertiary/aromatic N) is 4. The van der Waals surface area contributed by atoms with Gasteiger partial charge in [0.1, 0.15) is 17.6 Å². The number of pyridine rings is 1. The lowest BCUT2D eigenvalue weighted by Gasteiger charge is -2.17. The molecule has 2 heterocycles. The highest BCUT2D eigenvalue weighted by molar-refractivity contribution is 5.99. The molecule has 4 aromatic rings. The smallest absolute Gasteiger partial charge is 0.326 e. The second-order valence-electron chi connectivity index (χ2n) is 9.24. The summed E-state index contributed by atoms with van der Waals surface area (Å²) in [4.78, 5) is 29.1. The molecule has 0 aliphatic carbocycles. The molecule has 0 aliphatic rings. The zero-order chi connectivity index (χ0) is 26.5. The number of benzene rings is 2. The van der Waals surface area contributed by atoms with Gasteiger partial charge in [-0.05, 0) is 74.2 Å². The van der Waals surface area contributed by atoms with Crippen molar-refractivity contribution in [3.05, 3.63) is 100.0 Å². The second kappa shape index (κ2) is 11.0. The van der Waals surface area contributed by atoms with Crippen molar-refractivity contribution in [2.45, 2.75) is 46.7 Å². The van der Waals surface area contributed by atoms with Gasteiger partial charge in [-0.15, -0.1) is 5.10 Å². The number of carbonyl (C=O) groups excluding carboxylic acids is 1. The number of nitrogens with one attached hydrogen (secondary N) is 2. The number of carbonyl (C=O) groups is 2. The van der Waals surface area contributed by atoms with E-state index in [1.54, 1.807) is 10.9 Å². The van der Waals surface area contributed by atoms with Gasteiger partial charge in [0.2, 0.25) is 0 Å². The van der Waals surface area contributed by atoms with Gasteiger partial charge in [-0.25, -0.2) is 14.5 Å². The van der Waals surface area contributed by atoms with E-state index in [2.05, 4.69) is 25.9 Å². The van der Waals surface area contributed by atoms with Crippen molar-refractivity contribution < 1.29 is 14.7 Å². The molecule has 1 amide bonds. The number of hydrogen-bond donors (Lipinski definition) is 3. The van der Waals surface area contributed by atoms with E-state index in [1.807, 2.05) is 82.4 Å². The Labute approximate surface area is 215 Å². The fraction of sp³-hybridized carbons (Fsp3) is 0.250. The topological polar surface area (TPSA) is 122 Å². The SMILES string of the molecule is Cc1ccnc(NCc2cn(-c3ccc(C[C@H](NC(=O)c4c(C)cc(C)cc4C)C(=O)O)cc3)nn2)c1. The first-order valence-electron chi connectivity index (χ1n) is 12.0. The third-order valence-corrected chi connectivity index (χ3v) is 6.06. The summed E-state index contributed by atoms with van der Waals surface area (Å²) in [7, 11) is 0. The first kappa shape index (κ1) is 25.6. The molecule has 0 aliphatic heterocycles. The lowest BCUT2D eigenvalue weighted by Crippen LogP contribution is -2.42. The van der Waals surface area contributed by atoms with Crippen molar-refractivity contribution in [1.82, 2.24) is 25.3 Å². The molecule has 3 N–H and O–H groups in total. The van der Waals surface area contributed by atoms with Gasteiger partial charge in [0, 0.05) is 18.2 Å². The molecule has 0 spiro atoms. The van der Waals surface area contributed by atoms with Crippen LogP contribution in [0.3, 0.4) is 0 Å². The average Bonchev–Trinajstić information content (AvgIpc) is 3.31. The summed E-state index contributed by atoms with van der Waals surface area (Å²) >= 11 is 0. The van der Waals surface area contributed by atoms with Crippen LogP contribution in [0.2, 0.25) is 0 Å². The average molecular weight is 499 g/mol. The first-order chi connectivity index (χ1) is 17.7. The van der Waals surface area contributed by atoms with Crippen LogP contribution in [0.5, 0.6) is 0 Å². The third kappa shape index (κ3) is 6.38. The van der Waals surface area contributed by atoms with Crippen molar-refractivity contribution in [3.8, 4) is 5.69 Å². The largest absolute Gasteiger partial charge is 0.480 e. The van der Waals surface area contributed by atoms with Crippen molar-refractivity contribution >= 4 is 17.7 Å². The highest BCUT2D eigenvalue weighted by Gasteiger charge is 2.23. The molecule has 37 heavy (non-hydrogen) atoms. The summed E-state index contributed by atoms with van der Waals surface area (Å²) < 4.78 is 1.66. The number of anilines is 1. The monoisotopic (exact) mass is 498 g/mol. The maximum atomic E-state index is 12.9.